The average molecular weight is 281 g/mol. The van der Waals surface area contributed by atoms with Crippen molar-refractivity contribution >= 4 is 10.0 Å². The van der Waals surface area contributed by atoms with Crippen LogP contribution in [-0.4, -0.2) is 39.5 Å². The van der Waals surface area contributed by atoms with Gasteiger partial charge >= 0.3 is 0 Å². The Morgan fingerprint density at radius 2 is 1.89 bits per heavy atom. The van der Waals surface area contributed by atoms with Gasteiger partial charge in [0.1, 0.15) is 0 Å². The minimum atomic E-state index is -3.49. The number of hydrogen-bond acceptors (Lipinski definition) is 4. The van der Waals surface area contributed by atoms with Crippen LogP contribution in [0.2, 0.25) is 0 Å². The largest absolute Gasteiger partial charge is 0.303 e. The number of nitrogens with one attached hydrogen (secondary N) is 1. The van der Waals surface area contributed by atoms with E-state index in [1.165, 1.54) is 24.3 Å². The first-order valence-corrected chi connectivity index (χ1v) is 7.55. The van der Waals surface area contributed by atoms with Crippen LogP contribution in [0.5, 0.6) is 0 Å². The first-order chi connectivity index (χ1) is 8.86. The molecular formula is C13H19N3O2S. The van der Waals surface area contributed by atoms with E-state index in [1.807, 2.05) is 13.1 Å². The quantitative estimate of drug-likeness (QED) is 0.849. The van der Waals surface area contributed by atoms with Crippen LogP contribution in [0, 0.1) is 11.3 Å². The SMILES string of the molecule is CC(C)N(C)CCNS(=O)(=O)c1ccc(C#N)cc1. The fourth-order valence-electron chi connectivity index (χ4n) is 1.41. The number of likely N-dealkylation sites (N-methyl/N-ethyl adjacent to an activating group) is 1. The van der Waals surface area contributed by atoms with Crippen LogP contribution < -0.4 is 4.72 Å². The first kappa shape index (κ1) is 15.6. The van der Waals surface area contributed by atoms with Crippen molar-refractivity contribution in [2.24, 2.45) is 0 Å². The Bertz CT molecular complexity index is 544. The average Bonchev–Trinajstić information content (AvgIpc) is 2.38. The molecular weight excluding hydrogens is 262 g/mol. The highest BCUT2D eigenvalue weighted by atomic mass is 32.2. The van der Waals surface area contributed by atoms with Gasteiger partial charge in [-0.1, -0.05) is 0 Å². The lowest BCUT2D eigenvalue weighted by atomic mass is 10.2. The molecule has 0 aromatic heterocycles. The Morgan fingerprint density at radius 3 is 2.37 bits per heavy atom. The summed E-state index contributed by atoms with van der Waals surface area (Å²) in [6.07, 6.45) is 0. The molecule has 1 rings (SSSR count). The number of rotatable bonds is 6. The van der Waals surface area contributed by atoms with Crippen molar-refractivity contribution < 1.29 is 8.42 Å². The number of nitrogens with zero attached hydrogens (tertiary/aromatic N) is 2. The van der Waals surface area contributed by atoms with E-state index in [0.717, 1.165) is 0 Å². The van der Waals surface area contributed by atoms with Gasteiger partial charge in [-0.3, -0.25) is 0 Å². The maximum Gasteiger partial charge on any atom is 0.240 e. The molecule has 0 bridgehead atoms. The van der Waals surface area contributed by atoms with Gasteiger partial charge < -0.3 is 4.90 Å². The fourth-order valence-corrected chi connectivity index (χ4v) is 2.43. The molecule has 0 unspecified atom stereocenters. The maximum absolute atomic E-state index is 12.0. The van der Waals surface area contributed by atoms with Gasteiger partial charge in [-0.15, -0.1) is 0 Å². The molecule has 104 valence electrons. The zero-order chi connectivity index (χ0) is 14.5. The molecule has 1 aromatic rings. The topological polar surface area (TPSA) is 73.2 Å². The van der Waals surface area contributed by atoms with E-state index in [9.17, 15) is 8.42 Å². The first-order valence-electron chi connectivity index (χ1n) is 6.07. The summed E-state index contributed by atoms with van der Waals surface area (Å²) in [4.78, 5) is 2.24. The van der Waals surface area contributed by atoms with Crippen molar-refractivity contribution in [2.45, 2.75) is 24.8 Å². The van der Waals surface area contributed by atoms with Crippen molar-refractivity contribution in [1.29, 1.82) is 5.26 Å². The summed E-state index contributed by atoms with van der Waals surface area (Å²) in [5.74, 6) is 0. The number of nitriles is 1. The summed E-state index contributed by atoms with van der Waals surface area (Å²) < 4.78 is 26.5. The van der Waals surface area contributed by atoms with E-state index >= 15 is 0 Å². The Balaban J connectivity index is 2.63. The molecule has 0 atom stereocenters. The highest BCUT2D eigenvalue weighted by molar-refractivity contribution is 7.89. The van der Waals surface area contributed by atoms with E-state index in [1.54, 1.807) is 0 Å². The molecule has 1 aromatic carbocycles. The van der Waals surface area contributed by atoms with E-state index in [0.29, 0.717) is 24.7 Å². The van der Waals surface area contributed by atoms with Gasteiger partial charge in [-0.25, -0.2) is 13.1 Å². The van der Waals surface area contributed by atoms with Crippen LogP contribution in [0.25, 0.3) is 0 Å². The van der Waals surface area contributed by atoms with Crippen molar-refractivity contribution in [3.05, 3.63) is 29.8 Å². The lowest BCUT2D eigenvalue weighted by Crippen LogP contribution is -2.36. The molecule has 0 saturated carbocycles. The van der Waals surface area contributed by atoms with E-state index in [2.05, 4.69) is 23.5 Å². The molecule has 0 radical (unpaired) electrons. The zero-order valence-electron chi connectivity index (χ0n) is 11.4. The van der Waals surface area contributed by atoms with E-state index in [-0.39, 0.29) is 4.90 Å². The fraction of sp³-hybridized carbons (Fsp3) is 0.462. The third kappa shape index (κ3) is 4.63. The van der Waals surface area contributed by atoms with Crippen molar-refractivity contribution in [2.75, 3.05) is 20.1 Å². The molecule has 6 heteroatoms. The molecule has 19 heavy (non-hydrogen) atoms. The summed E-state index contributed by atoms with van der Waals surface area (Å²) in [6, 6.07) is 8.19. The Labute approximate surface area is 114 Å². The Kier molecular flexibility index (Phi) is 5.48. The van der Waals surface area contributed by atoms with Crippen molar-refractivity contribution in [3.8, 4) is 6.07 Å². The lowest BCUT2D eigenvalue weighted by molar-refractivity contribution is 0.278. The Morgan fingerprint density at radius 1 is 1.32 bits per heavy atom. The maximum atomic E-state index is 12.0. The summed E-state index contributed by atoms with van der Waals surface area (Å²) in [7, 11) is -1.55. The minimum absolute atomic E-state index is 0.179. The second-order valence-corrected chi connectivity index (χ2v) is 6.38. The summed E-state index contributed by atoms with van der Waals surface area (Å²) >= 11 is 0. The Hall–Kier alpha value is -1.42. The molecule has 0 saturated heterocycles. The van der Waals surface area contributed by atoms with Gasteiger partial charge in [0.05, 0.1) is 16.5 Å². The third-order valence-corrected chi connectivity index (χ3v) is 4.41. The zero-order valence-corrected chi connectivity index (χ0v) is 12.2. The molecule has 1 N–H and O–H groups in total. The molecule has 0 spiro atoms. The molecule has 0 heterocycles. The van der Waals surface area contributed by atoms with Gasteiger partial charge in [0.15, 0.2) is 0 Å². The van der Waals surface area contributed by atoms with Crippen molar-refractivity contribution in [3.63, 3.8) is 0 Å². The predicted molar refractivity (Wildman–Crippen MR) is 74.1 cm³/mol. The van der Waals surface area contributed by atoms with Gasteiger partial charge in [-0.2, -0.15) is 5.26 Å². The molecule has 0 aliphatic rings. The summed E-state index contributed by atoms with van der Waals surface area (Å²) in [6.45, 7) is 5.11. The van der Waals surface area contributed by atoms with Crippen molar-refractivity contribution in [1.82, 2.24) is 9.62 Å². The second-order valence-electron chi connectivity index (χ2n) is 4.61. The smallest absolute Gasteiger partial charge is 0.240 e. The third-order valence-electron chi connectivity index (χ3n) is 2.93. The highest BCUT2D eigenvalue weighted by Gasteiger charge is 2.13. The standard InChI is InChI=1S/C13H19N3O2S/c1-11(2)16(3)9-8-15-19(17,18)13-6-4-12(10-14)5-7-13/h4-7,11,15H,8-9H2,1-3H3. The summed E-state index contributed by atoms with van der Waals surface area (Å²) in [5, 5.41) is 8.67. The molecule has 0 aliphatic carbocycles. The molecule has 0 fully saturated rings. The number of sulfonamides is 1. The number of benzene rings is 1. The molecule has 5 nitrogen and oxygen atoms in total. The monoisotopic (exact) mass is 281 g/mol. The van der Waals surface area contributed by atoms with Gasteiger partial charge in [-0.05, 0) is 45.2 Å². The van der Waals surface area contributed by atoms with E-state index in [4.69, 9.17) is 5.26 Å². The van der Waals surface area contributed by atoms with Crippen LogP contribution in [0.1, 0.15) is 19.4 Å². The van der Waals surface area contributed by atoms with E-state index < -0.39 is 10.0 Å². The highest BCUT2D eigenvalue weighted by Crippen LogP contribution is 2.09. The number of hydrogen-bond donors (Lipinski definition) is 1. The lowest BCUT2D eigenvalue weighted by Gasteiger charge is -2.20. The second kappa shape index (κ2) is 6.66. The van der Waals surface area contributed by atoms with Crippen LogP contribution in [0.4, 0.5) is 0 Å². The predicted octanol–water partition coefficient (Wildman–Crippen LogP) is 1.18. The molecule has 0 aliphatic heterocycles. The van der Waals surface area contributed by atoms with Crippen LogP contribution in [0.15, 0.2) is 29.2 Å². The summed E-state index contributed by atoms with van der Waals surface area (Å²) in [5.41, 5.74) is 0.443. The minimum Gasteiger partial charge on any atom is -0.303 e. The van der Waals surface area contributed by atoms with Gasteiger partial charge in [0.2, 0.25) is 10.0 Å². The molecule has 0 amide bonds. The van der Waals surface area contributed by atoms with Crippen LogP contribution in [0.3, 0.4) is 0 Å². The van der Waals surface area contributed by atoms with Gasteiger partial charge in [0, 0.05) is 19.1 Å². The van der Waals surface area contributed by atoms with Crippen LogP contribution >= 0.6 is 0 Å². The van der Waals surface area contributed by atoms with Gasteiger partial charge in [0.25, 0.3) is 0 Å². The van der Waals surface area contributed by atoms with Crippen LogP contribution in [-0.2, 0) is 10.0 Å². The normalized spacial score (nSPS) is 11.8.